The minimum absolute atomic E-state index is 0.216. The average molecular weight is 294 g/mol. The molecule has 0 saturated carbocycles. The van der Waals surface area contributed by atoms with Crippen LogP contribution in [-0.4, -0.2) is 11.1 Å². The van der Waals surface area contributed by atoms with Gasteiger partial charge < -0.3 is 9.84 Å². The molecule has 0 aromatic heterocycles. The lowest BCUT2D eigenvalue weighted by Gasteiger charge is -2.25. The number of ether oxygens (including phenoxy) is 1. The van der Waals surface area contributed by atoms with Crippen molar-refractivity contribution in [2.75, 3.05) is 0 Å². The van der Waals surface area contributed by atoms with Gasteiger partial charge in [0.1, 0.15) is 0 Å². The summed E-state index contributed by atoms with van der Waals surface area (Å²) < 4.78 is 6.03. The third-order valence-corrected chi connectivity index (χ3v) is 4.00. The van der Waals surface area contributed by atoms with Gasteiger partial charge in [-0.05, 0) is 35.3 Å². The number of hydrogen-bond acceptors (Lipinski definition) is 2. The van der Waals surface area contributed by atoms with Crippen molar-refractivity contribution >= 4 is 12.0 Å². The molecule has 2 aromatic rings. The predicted molar refractivity (Wildman–Crippen MR) is 85.4 cm³/mol. The number of fused-ring (bicyclic) bond motifs is 1. The number of rotatable bonds is 4. The Labute approximate surface area is 129 Å². The highest BCUT2D eigenvalue weighted by Gasteiger charge is 2.25. The van der Waals surface area contributed by atoms with E-state index in [0.29, 0.717) is 18.6 Å². The first kappa shape index (κ1) is 14.5. The van der Waals surface area contributed by atoms with Crippen molar-refractivity contribution in [3.8, 4) is 0 Å². The maximum Gasteiger partial charge on any atom is 0.331 e. The summed E-state index contributed by atoms with van der Waals surface area (Å²) in [5.41, 5.74) is 4.61. The highest BCUT2D eigenvalue weighted by Crippen LogP contribution is 2.36. The van der Waals surface area contributed by atoms with Crippen LogP contribution in [0.2, 0.25) is 0 Å². The molecule has 0 radical (unpaired) electrons. The first-order valence-corrected chi connectivity index (χ1v) is 7.34. The highest BCUT2D eigenvalue weighted by molar-refractivity contribution is 5.93. The highest BCUT2D eigenvalue weighted by atomic mass is 16.5. The van der Waals surface area contributed by atoms with E-state index in [1.807, 2.05) is 55.5 Å². The van der Waals surface area contributed by atoms with Crippen LogP contribution in [-0.2, 0) is 16.1 Å². The van der Waals surface area contributed by atoms with Crippen LogP contribution in [0.4, 0.5) is 0 Å². The fourth-order valence-corrected chi connectivity index (χ4v) is 2.79. The van der Waals surface area contributed by atoms with E-state index < -0.39 is 5.97 Å². The molecule has 0 saturated heterocycles. The van der Waals surface area contributed by atoms with Gasteiger partial charge >= 0.3 is 5.97 Å². The van der Waals surface area contributed by atoms with Crippen LogP contribution in [0.25, 0.3) is 6.08 Å². The van der Waals surface area contributed by atoms with Crippen molar-refractivity contribution in [1.29, 1.82) is 0 Å². The summed E-state index contributed by atoms with van der Waals surface area (Å²) in [5.74, 6) is -0.873. The van der Waals surface area contributed by atoms with E-state index in [-0.39, 0.29) is 6.10 Å². The minimum atomic E-state index is -0.873. The van der Waals surface area contributed by atoms with Crippen LogP contribution in [0.5, 0.6) is 0 Å². The van der Waals surface area contributed by atoms with Gasteiger partial charge in [-0.15, -0.1) is 0 Å². The van der Waals surface area contributed by atoms with Gasteiger partial charge in [-0.25, -0.2) is 4.79 Å². The van der Waals surface area contributed by atoms with E-state index in [1.54, 1.807) is 6.08 Å². The van der Waals surface area contributed by atoms with Crippen molar-refractivity contribution in [2.24, 2.45) is 0 Å². The Morgan fingerprint density at radius 3 is 2.68 bits per heavy atom. The SMILES string of the molecule is Cc1cccc2c1C=C(C(=O)O)CC2OCc1ccccc1. The minimum Gasteiger partial charge on any atom is -0.478 e. The number of aryl methyl sites for hydroxylation is 1. The normalized spacial score (nSPS) is 16.8. The third kappa shape index (κ3) is 2.95. The smallest absolute Gasteiger partial charge is 0.331 e. The molecule has 1 aliphatic rings. The molecule has 0 spiro atoms. The molecule has 1 atom stereocenters. The molecule has 2 aromatic carbocycles. The fourth-order valence-electron chi connectivity index (χ4n) is 2.79. The number of carboxylic acids is 1. The fraction of sp³-hybridized carbons (Fsp3) is 0.211. The standard InChI is InChI=1S/C19H18O3/c1-13-6-5-9-16-17(13)10-15(19(20)21)11-18(16)22-12-14-7-3-2-4-8-14/h2-10,18H,11-12H2,1H3,(H,20,21). The van der Waals surface area contributed by atoms with Gasteiger partial charge in [0.15, 0.2) is 0 Å². The zero-order valence-electron chi connectivity index (χ0n) is 12.5. The molecule has 3 rings (SSSR count). The molecule has 112 valence electrons. The van der Waals surface area contributed by atoms with Crippen LogP contribution in [0.3, 0.4) is 0 Å². The first-order valence-electron chi connectivity index (χ1n) is 7.34. The van der Waals surface area contributed by atoms with E-state index in [9.17, 15) is 9.90 Å². The van der Waals surface area contributed by atoms with Crippen LogP contribution in [0.15, 0.2) is 54.1 Å². The zero-order valence-corrected chi connectivity index (χ0v) is 12.5. The summed E-state index contributed by atoms with van der Waals surface area (Å²) in [6.45, 7) is 2.47. The topological polar surface area (TPSA) is 46.5 Å². The molecule has 0 aliphatic heterocycles. The molecule has 3 nitrogen and oxygen atoms in total. The quantitative estimate of drug-likeness (QED) is 0.922. The Bertz CT molecular complexity index is 717. The lowest BCUT2D eigenvalue weighted by atomic mass is 9.87. The molecule has 1 aliphatic carbocycles. The van der Waals surface area contributed by atoms with Crippen molar-refractivity contribution in [1.82, 2.24) is 0 Å². The van der Waals surface area contributed by atoms with E-state index in [4.69, 9.17) is 4.74 Å². The number of carbonyl (C=O) groups is 1. The Balaban J connectivity index is 1.87. The molecule has 1 N–H and O–H groups in total. The van der Waals surface area contributed by atoms with Gasteiger partial charge in [0, 0.05) is 12.0 Å². The Morgan fingerprint density at radius 1 is 1.18 bits per heavy atom. The van der Waals surface area contributed by atoms with E-state index in [2.05, 4.69) is 0 Å². The number of carboxylic acid groups (broad SMARTS) is 1. The molecule has 0 amide bonds. The molecule has 0 fully saturated rings. The van der Waals surface area contributed by atoms with E-state index in [0.717, 1.165) is 22.3 Å². The molecule has 1 unspecified atom stereocenters. The van der Waals surface area contributed by atoms with Crippen LogP contribution in [0.1, 0.15) is 34.8 Å². The van der Waals surface area contributed by atoms with Gasteiger partial charge in [0.2, 0.25) is 0 Å². The van der Waals surface area contributed by atoms with E-state index >= 15 is 0 Å². The second kappa shape index (κ2) is 6.16. The first-order chi connectivity index (χ1) is 10.6. The Hall–Kier alpha value is -2.39. The van der Waals surface area contributed by atoms with Gasteiger partial charge in [0.05, 0.1) is 12.7 Å². The molecular formula is C19H18O3. The molecular weight excluding hydrogens is 276 g/mol. The number of aliphatic carboxylic acids is 1. The average Bonchev–Trinajstić information content (AvgIpc) is 2.54. The van der Waals surface area contributed by atoms with Gasteiger partial charge in [-0.1, -0.05) is 48.5 Å². The Kier molecular flexibility index (Phi) is 4.07. The third-order valence-electron chi connectivity index (χ3n) is 4.00. The van der Waals surface area contributed by atoms with Gasteiger partial charge in [-0.3, -0.25) is 0 Å². The summed E-state index contributed by atoms with van der Waals surface area (Å²) in [6, 6.07) is 15.9. The number of hydrogen-bond donors (Lipinski definition) is 1. The van der Waals surface area contributed by atoms with Gasteiger partial charge in [-0.2, -0.15) is 0 Å². The van der Waals surface area contributed by atoms with Crippen LogP contribution < -0.4 is 0 Å². The summed E-state index contributed by atoms with van der Waals surface area (Å²) in [7, 11) is 0. The molecule has 0 bridgehead atoms. The molecule has 22 heavy (non-hydrogen) atoms. The van der Waals surface area contributed by atoms with Crippen LogP contribution in [0, 0.1) is 6.92 Å². The summed E-state index contributed by atoms with van der Waals surface area (Å²) in [4.78, 5) is 11.4. The zero-order chi connectivity index (χ0) is 15.5. The second-order valence-electron chi connectivity index (χ2n) is 5.54. The maximum absolute atomic E-state index is 11.4. The Morgan fingerprint density at radius 2 is 1.95 bits per heavy atom. The van der Waals surface area contributed by atoms with Crippen LogP contribution >= 0.6 is 0 Å². The lowest BCUT2D eigenvalue weighted by Crippen LogP contribution is -2.16. The summed E-state index contributed by atoms with van der Waals surface area (Å²) in [5, 5.41) is 9.33. The summed E-state index contributed by atoms with van der Waals surface area (Å²) in [6.07, 6.45) is 1.96. The van der Waals surface area contributed by atoms with Crippen molar-refractivity contribution in [2.45, 2.75) is 26.1 Å². The maximum atomic E-state index is 11.4. The van der Waals surface area contributed by atoms with Crippen molar-refractivity contribution in [3.63, 3.8) is 0 Å². The predicted octanol–water partition coefficient (Wildman–Crippen LogP) is 4.12. The summed E-state index contributed by atoms with van der Waals surface area (Å²) >= 11 is 0. The van der Waals surface area contributed by atoms with E-state index in [1.165, 1.54) is 0 Å². The van der Waals surface area contributed by atoms with Gasteiger partial charge in [0.25, 0.3) is 0 Å². The molecule has 0 heterocycles. The van der Waals surface area contributed by atoms with Crippen molar-refractivity contribution < 1.29 is 14.6 Å². The second-order valence-corrected chi connectivity index (χ2v) is 5.54. The monoisotopic (exact) mass is 294 g/mol. The number of benzene rings is 2. The molecule has 3 heteroatoms. The lowest BCUT2D eigenvalue weighted by molar-refractivity contribution is -0.133. The largest absolute Gasteiger partial charge is 0.478 e. The van der Waals surface area contributed by atoms with Crippen molar-refractivity contribution in [3.05, 3.63) is 76.4 Å².